The third-order valence-electron chi connectivity index (χ3n) is 7.22. The fourth-order valence-corrected chi connectivity index (χ4v) is 4.74. The number of amides is 2. The topological polar surface area (TPSA) is 164 Å². The Kier molecular flexibility index (Phi) is 9.72. The SMILES string of the molecule is CC(C)(C)CCN=C(N)N(C(=O)c1ccc(-c2cnccn2)cc1)[C@H](COC(=O)NC1CC1)c1ccc(Cl)c(-c2ncn[nH]2)c1. The van der Waals surface area contributed by atoms with Gasteiger partial charge in [0.1, 0.15) is 12.9 Å². The minimum Gasteiger partial charge on any atom is -0.447 e. The Hall–Kier alpha value is -4.84. The van der Waals surface area contributed by atoms with Crippen LogP contribution in [-0.2, 0) is 4.74 Å². The summed E-state index contributed by atoms with van der Waals surface area (Å²) in [5.74, 6) is 0.0111. The molecule has 0 spiro atoms. The number of guanidine groups is 1. The number of alkyl carbamates (subject to hydrolysis) is 1. The summed E-state index contributed by atoms with van der Waals surface area (Å²) in [6, 6.07) is 11.4. The second kappa shape index (κ2) is 13.9. The molecule has 0 unspecified atom stereocenters. The second-order valence-electron chi connectivity index (χ2n) is 12.0. The molecule has 1 aliphatic rings. The van der Waals surface area contributed by atoms with Crippen LogP contribution in [0.4, 0.5) is 4.79 Å². The monoisotopic (exact) mass is 629 g/mol. The third-order valence-corrected chi connectivity index (χ3v) is 7.55. The molecule has 0 aliphatic heterocycles. The average molecular weight is 630 g/mol. The molecular formula is C32H36ClN9O3. The molecule has 1 aliphatic carbocycles. The second-order valence-corrected chi connectivity index (χ2v) is 12.4. The quantitative estimate of drug-likeness (QED) is 0.155. The third kappa shape index (κ3) is 8.42. The highest BCUT2D eigenvalue weighted by Crippen LogP contribution is 2.32. The van der Waals surface area contributed by atoms with Gasteiger partial charge in [-0.15, -0.1) is 0 Å². The lowest BCUT2D eigenvalue weighted by Gasteiger charge is -2.31. The number of benzene rings is 2. The number of aliphatic imine (C=N–C) groups is 1. The number of ether oxygens (including phenoxy) is 1. The lowest BCUT2D eigenvalue weighted by Crippen LogP contribution is -2.46. The van der Waals surface area contributed by atoms with Gasteiger partial charge in [0.15, 0.2) is 11.8 Å². The summed E-state index contributed by atoms with van der Waals surface area (Å²) in [6.07, 6.45) is 8.20. The van der Waals surface area contributed by atoms with E-state index >= 15 is 0 Å². The molecule has 2 aromatic heterocycles. The summed E-state index contributed by atoms with van der Waals surface area (Å²) in [4.78, 5) is 45.7. The predicted molar refractivity (Wildman–Crippen MR) is 171 cm³/mol. The molecule has 234 valence electrons. The van der Waals surface area contributed by atoms with E-state index in [4.69, 9.17) is 22.1 Å². The van der Waals surface area contributed by atoms with Gasteiger partial charge in [0, 0.05) is 41.7 Å². The first-order valence-electron chi connectivity index (χ1n) is 14.7. The van der Waals surface area contributed by atoms with Crippen molar-refractivity contribution in [3.05, 3.63) is 83.5 Å². The molecule has 1 atom stereocenters. The number of aromatic amines is 1. The van der Waals surface area contributed by atoms with E-state index in [0.717, 1.165) is 24.8 Å². The first kappa shape index (κ1) is 31.6. The predicted octanol–water partition coefficient (Wildman–Crippen LogP) is 5.41. The standard InChI is InChI=1S/C32H36ClN9O3/c1-32(2,3)12-13-37-30(34)42(29(43)21-6-4-20(5-7-21)26-17-35-14-15-36-26)27(18-45-31(44)40-23-9-10-23)22-8-11-25(33)24(16-22)28-38-19-39-41-28/h4-8,11,14-17,19,23,27H,9-10,12-13,18H2,1-3H3,(H2,34,37)(H,40,44)(H,38,39,41)/t27-/m1/s1. The van der Waals surface area contributed by atoms with E-state index in [1.807, 2.05) is 0 Å². The van der Waals surface area contributed by atoms with Crippen LogP contribution in [0, 0.1) is 5.41 Å². The molecule has 13 heteroatoms. The zero-order chi connectivity index (χ0) is 32.0. The van der Waals surface area contributed by atoms with Gasteiger partial charge in [-0.1, -0.05) is 50.6 Å². The number of hydrogen-bond donors (Lipinski definition) is 3. The van der Waals surface area contributed by atoms with Gasteiger partial charge in [-0.2, -0.15) is 5.10 Å². The average Bonchev–Trinajstić information content (AvgIpc) is 3.66. The number of halogens is 1. The van der Waals surface area contributed by atoms with Crippen LogP contribution >= 0.6 is 11.6 Å². The number of carbonyl (C=O) groups is 2. The lowest BCUT2D eigenvalue weighted by atomic mass is 9.92. The van der Waals surface area contributed by atoms with Crippen molar-refractivity contribution in [3.8, 4) is 22.6 Å². The molecule has 12 nitrogen and oxygen atoms in total. The van der Waals surface area contributed by atoms with Crippen molar-refractivity contribution in [2.45, 2.75) is 52.1 Å². The molecule has 4 N–H and O–H groups in total. The fraction of sp³-hybridized carbons (Fsp3) is 0.344. The first-order valence-corrected chi connectivity index (χ1v) is 15.1. The van der Waals surface area contributed by atoms with Gasteiger partial charge in [0.2, 0.25) is 0 Å². The van der Waals surface area contributed by atoms with Gasteiger partial charge in [0.05, 0.1) is 23.0 Å². The zero-order valence-corrected chi connectivity index (χ0v) is 26.2. The minimum atomic E-state index is -0.862. The zero-order valence-electron chi connectivity index (χ0n) is 25.4. The summed E-state index contributed by atoms with van der Waals surface area (Å²) >= 11 is 6.54. The summed E-state index contributed by atoms with van der Waals surface area (Å²) < 4.78 is 5.68. The van der Waals surface area contributed by atoms with E-state index in [1.54, 1.807) is 61.1 Å². The maximum atomic E-state index is 14.3. The Morgan fingerprint density at radius 3 is 2.58 bits per heavy atom. The molecule has 1 fully saturated rings. The van der Waals surface area contributed by atoms with Crippen LogP contribution < -0.4 is 11.1 Å². The van der Waals surface area contributed by atoms with Crippen molar-refractivity contribution in [2.24, 2.45) is 16.1 Å². The molecule has 2 aromatic carbocycles. The molecular weight excluding hydrogens is 594 g/mol. The highest BCUT2D eigenvalue weighted by molar-refractivity contribution is 6.33. The van der Waals surface area contributed by atoms with Gasteiger partial charge in [-0.05, 0) is 54.5 Å². The Bertz CT molecular complexity index is 1630. The van der Waals surface area contributed by atoms with Crippen LogP contribution in [0.5, 0.6) is 0 Å². The van der Waals surface area contributed by atoms with Gasteiger partial charge in [-0.3, -0.25) is 29.8 Å². The Morgan fingerprint density at radius 1 is 1.16 bits per heavy atom. The summed E-state index contributed by atoms with van der Waals surface area (Å²) in [5.41, 5.74) is 9.61. The largest absolute Gasteiger partial charge is 0.447 e. The van der Waals surface area contributed by atoms with E-state index in [0.29, 0.717) is 39.8 Å². The molecule has 4 aromatic rings. The van der Waals surface area contributed by atoms with E-state index < -0.39 is 18.0 Å². The molecule has 1 saturated carbocycles. The Morgan fingerprint density at radius 2 is 1.93 bits per heavy atom. The van der Waals surface area contributed by atoms with Crippen molar-refractivity contribution in [3.63, 3.8) is 0 Å². The van der Waals surface area contributed by atoms with Gasteiger partial charge < -0.3 is 15.8 Å². The first-order chi connectivity index (χ1) is 21.6. The van der Waals surface area contributed by atoms with Crippen LogP contribution in [0.3, 0.4) is 0 Å². The minimum absolute atomic E-state index is 0.000346. The normalized spacial score (nSPS) is 14.1. The molecule has 0 radical (unpaired) electrons. The van der Waals surface area contributed by atoms with E-state index in [9.17, 15) is 9.59 Å². The van der Waals surface area contributed by atoms with Crippen LogP contribution in [0.2, 0.25) is 5.02 Å². The molecule has 2 amide bonds. The van der Waals surface area contributed by atoms with Crippen molar-refractivity contribution in [2.75, 3.05) is 13.2 Å². The van der Waals surface area contributed by atoms with Gasteiger partial charge >= 0.3 is 6.09 Å². The molecule has 45 heavy (non-hydrogen) atoms. The fourth-order valence-electron chi connectivity index (χ4n) is 4.54. The smallest absolute Gasteiger partial charge is 0.407 e. The maximum Gasteiger partial charge on any atom is 0.407 e. The lowest BCUT2D eigenvalue weighted by molar-refractivity contribution is 0.0701. The Balaban J connectivity index is 1.54. The van der Waals surface area contributed by atoms with Crippen LogP contribution in [0.1, 0.15) is 62.0 Å². The Labute approximate surface area is 266 Å². The van der Waals surface area contributed by atoms with Crippen LogP contribution in [0.15, 0.2) is 72.4 Å². The molecule has 5 rings (SSSR count). The van der Waals surface area contributed by atoms with E-state index in [-0.39, 0.29) is 24.0 Å². The number of nitrogens with one attached hydrogen (secondary N) is 2. The van der Waals surface area contributed by atoms with Crippen molar-refractivity contribution >= 4 is 29.6 Å². The van der Waals surface area contributed by atoms with Crippen LogP contribution in [-0.4, -0.2) is 67.2 Å². The molecule has 0 saturated heterocycles. The summed E-state index contributed by atoms with van der Waals surface area (Å²) in [6.45, 7) is 6.51. The molecule has 0 bridgehead atoms. The number of nitrogens with zero attached hydrogens (tertiary/aromatic N) is 6. The maximum absolute atomic E-state index is 14.3. The van der Waals surface area contributed by atoms with Gasteiger partial charge in [0.25, 0.3) is 5.91 Å². The van der Waals surface area contributed by atoms with E-state index in [2.05, 4.69) is 56.2 Å². The summed E-state index contributed by atoms with van der Waals surface area (Å²) in [7, 11) is 0. The van der Waals surface area contributed by atoms with Crippen LogP contribution in [0.25, 0.3) is 22.6 Å². The van der Waals surface area contributed by atoms with E-state index in [1.165, 1.54) is 11.2 Å². The highest BCUT2D eigenvalue weighted by atomic mass is 35.5. The summed E-state index contributed by atoms with van der Waals surface area (Å²) in [5, 5.41) is 10.0. The number of aromatic nitrogens is 5. The molecule has 2 heterocycles. The van der Waals surface area contributed by atoms with Crippen molar-refractivity contribution in [1.82, 2.24) is 35.4 Å². The number of hydrogen-bond acceptors (Lipinski definition) is 8. The van der Waals surface area contributed by atoms with Gasteiger partial charge in [-0.25, -0.2) is 9.78 Å². The number of H-pyrrole nitrogens is 1. The number of carbonyl (C=O) groups excluding carboxylic acids is 2. The number of rotatable bonds is 10. The number of nitrogens with two attached hydrogens (primary N) is 1. The van der Waals surface area contributed by atoms with Crippen molar-refractivity contribution in [1.29, 1.82) is 0 Å². The highest BCUT2D eigenvalue weighted by Gasteiger charge is 2.32. The van der Waals surface area contributed by atoms with Crippen molar-refractivity contribution < 1.29 is 14.3 Å².